The van der Waals surface area contributed by atoms with E-state index >= 15 is 0 Å². The molecule has 2 aromatic rings. The smallest absolute Gasteiger partial charge is 0.226 e. The lowest BCUT2D eigenvalue weighted by molar-refractivity contribution is -0.118. The summed E-state index contributed by atoms with van der Waals surface area (Å²) in [7, 11) is 0. The summed E-state index contributed by atoms with van der Waals surface area (Å²) >= 11 is 3.28. The van der Waals surface area contributed by atoms with E-state index in [0.29, 0.717) is 6.54 Å². The lowest BCUT2D eigenvalue weighted by Crippen LogP contribution is -2.17. The molecule has 0 aliphatic rings. The molecule has 0 spiro atoms. The van der Waals surface area contributed by atoms with Crippen LogP contribution in [0.3, 0.4) is 0 Å². The van der Waals surface area contributed by atoms with Gasteiger partial charge in [0, 0.05) is 18.2 Å². The Morgan fingerprint density at radius 1 is 1.14 bits per heavy atom. The summed E-state index contributed by atoms with van der Waals surface area (Å²) in [5.41, 5.74) is 1.98. The van der Waals surface area contributed by atoms with Crippen LogP contribution >= 0.6 is 15.9 Å². The first-order valence-electron chi connectivity index (χ1n) is 6.89. The van der Waals surface area contributed by atoms with Crippen molar-refractivity contribution in [2.45, 2.75) is 26.9 Å². The van der Waals surface area contributed by atoms with Gasteiger partial charge in [0.15, 0.2) is 4.67 Å². The van der Waals surface area contributed by atoms with Gasteiger partial charge in [0.05, 0.1) is 6.54 Å². The zero-order valence-corrected chi connectivity index (χ0v) is 13.7. The van der Waals surface area contributed by atoms with E-state index in [0.717, 1.165) is 28.2 Å². The van der Waals surface area contributed by atoms with Gasteiger partial charge >= 0.3 is 0 Å². The highest BCUT2D eigenvalue weighted by atomic mass is 79.9. The van der Waals surface area contributed by atoms with Crippen LogP contribution in [0.5, 0.6) is 0 Å². The van der Waals surface area contributed by atoms with Crippen LogP contribution in [-0.4, -0.2) is 5.91 Å². The van der Waals surface area contributed by atoms with Crippen molar-refractivity contribution in [3.63, 3.8) is 0 Å². The maximum absolute atomic E-state index is 11.6. The molecule has 2 N–H and O–H groups in total. The van der Waals surface area contributed by atoms with Crippen molar-refractivity contribution in [1.82, 2.24) is 5.32 Å². The van der Waals surface area contributed by atoms with E-state index in [-0.39, 0.29) is 11.8 Å². The van der Waals surface area contributed by atoms with Crippen molar-refractivity contribution in [2.75, 3.05) is 5.32 Å². The van der Waals surface area contributed by atoms with Crippen LogP contribution in [0.25, 0.3) is 0 Å². The summed E-state index contributed by atoms with van der Waals surface area (Å²) in [4.78, 5) is 11.6. The maximum Gasteiger partial charge on any atom is 0.226 e. The molecule has 0 saturated heterocycles. The molecule has 4 nitrogen and oxygen atoms in total. The van der Waals surface area contributed by atoms with Crippen molar-refractivity contribution in [3.8, 4) is 0 Å². The fraction of sp³-hybridized carbons (Fsp3) is 0.312. The summed E-state index contributed by atoms with van der Waals surface area (Å²) < 4.78 is 6.15. The van der Waals surface area contributed by atoms with Gasteiger partial charge in [-0.2, -0.15) is 0 Å². The van der Waals surface area contributed by atoms with Gasteiger partial charge in [0.2, 0.25) is 5.91 Å². The highest BCUT2D eigenvalue weighted by Gasteiger charge is 2.06. The van der Waals surface area contributed by atoms with E-state index in [1.54, 1.807) is 0 Å². The standard InChI is InChI=1S/C16H19BrN2O2/c1-11(2)16(20)19-13-5-3-12(4-6-13)9-18-10-14-7-8-15(17)21-14/h3-8,11,18H,9-10H2,1-2H3,(H,19,20). The summed E-state index contributed by atoms with van der Waals surface area (Å²) in [6, 6.07) is 11.6. The Kier molecular flexibility index (Phi) is 5.59. The molecule has 0 radical (unpaired) electrons. The molecule has 1 aromatic heterocycles. The lowest BCUT2D eigenvalue weighted by Gasteiger charge is -2.09. The van der Waals surface area contributed by atoms with Crippen molar-refractivity contribution in [2.24, 2.45) is 5.92 Å². The van der Waals surface area contributed by atoms with E-state index in [4.69, 9.17) is 4.42 Å². The number of carbonyl (C=O) groups excluding carboxylic acids is 1. The molecule has 0 aliphatic carbocycles. The first-order chi connectivity index (χ1) is 10.0. The molecule has 1 aromatic carbocycles. The molecule has 5 heteroatoms. The molecule has 2 rings (SSSR count). The molecule has 112 valence electrons. The minimum Gasteiger partial charge on any atom is -0.453 e. The second-order valence-corrected chi connectivity index (χ2v) is 5.93. The number of carbonyl (C=O) groups is 1. The van der Waals surface area contributed by atoms with Crippen LogP contribution in [0, 0.1) is 5.92 Å². The Morgan fingerprint density at radius 2 is 1.86 bits per heavy atom. The largest absolute Gasteiger partial charge is 0.453 e. The van der Waals surface area contributed by atoms with Gasteiger partial charge in [-0.05, 0) is 45.8 Å². The fourth-order valence-corrected chi connectivity index (χ4v) is 2.11. The first kappa shape index (κ1) is 15.8. The van der Waals surface area contributed by atoms with Gasteiger partial charge < -0.3 is 15.1 Å². The molecule has 1 heterocycles. The topological polar surface area (TPSA) is 54.3 Å². The molecule has 1 amide bonds. The van der Waals surface area contributed by atoms with E-state index in [9.17, 15) is 4.79 Å². The van der Waals surface area contributed by atoms with Gasteiger partial charge in [0.25, 0.3) is 0 Å². The zero-order chi connectivity index (χ0) is 15.2. The molecule has 0 unspecified atom stereocenters. The number of halogens is 1. The number of anilines is 1. The second-order valence-electron chi connectivity index (χ2n) is 5.15. The third-order valence-electron chi connectivity index (χ3n) is 3.00. The number of amides is 1. The average Bonchev–Trinajstić information content (AvgIpc) is 2.86. The number of rotatable bonds is 6. The predicted molar refractivity (Wildman–Crippen MR) is 86.9 cm³/mol. The first-order valence-corrected chi connectivity index (χ1v) is 7.68. The third-order valence-corrected chi connectivity index (χ3v) is 3.43. The minimum atomic E-state index is -0.0148. The van der Waals surface area contributed by atoms with Crippen molar-refractivity contribution < 1.29 is 9.21 Å². The summed E-state index contributed by atoms with van der Waals surface area (Å²) in [6.45, 7) is 5.18. The summed E-state index contributed by atoms with van der Waals surface area (Å²) in [5, 5.41) is 6.18. The maximum atomic E-state index is 11.6. The predicted octanol–water partition coefficient (Wildman–Crippen LogP) is 3.93. The van der Waals surface area contributed by atoms with E-state index in [1.807, 2.05) is 50.2 Å². The molecule has 0 fully saturated rings. The van der Waals surface area contributed by atoms with Crippen LogP contribution < -0.4 is 10.6 Å². The van der Waals surface area contributed by atoms with E-state index in [2.05, 4.69) is 26.6 Å². The molecule has 0 aliphatic heterocycles. The molecule has 21 heavy (non-hydrogen) atoms. The van der Waals surface area contributed by atoms with E-state index in [1.165, 1.54) is 0 Å². The summed E-state index contributed by atoms with van der Waals surface area (Å²) in [6.07, 6.45) is 0. The Balaban J connectivity index is 1.80. The van der Waals surface area contributed by atoms with Crippen LogP contribution in [0.15, 0.2) is 45.5 Å². The number of furan rings is 1. The van der Waals surface area contributed by atoms with Crippen LogP contribution in [-0.2, 0) is 17.9 Å². The Morgan fingerprint density at radius 3 is 2.43 bits per heavy atom. The Labute approximate surface area is 133 Å². The molecule has 0 bridgehead atoms. The van der Waals surface area contributed by atoms with Crippen LogP contribution in [0.4, 0.5) is 5.69 Å². The number of hydrogen-bond acceptors (Lipinski definition) is 3. The average molecular weight is 351 g/mol. The fourth-order valence-electron chi connectivity index (χ4n) is 1.77. The molecular formula is C16H19BrN2O2. The lowest BCUT2D eigenvalue weighted by atomic mass is 10.1. The minimum absolute atomic E-state index is 0.0148. The quantitative estimate of drug-likeness (QED) is 0.829. The highest BCUT2D eigenvalue weighted by molar-refractivity contribution is 9.10. The molecule has 0 saturated carbocycles. The van der Waals surface area contributed by atoms with Crippen molar-refractivity contribution in [1.29, 1.82) is 0 Å². The highest BCUT2D eigenvalue weighted by Crippen LogP contribution is 2.14. The van der Waals surface area contributed by atoms with Crippen molar-refractivity contribution >= 4 is 27.5 Å². The van der Waals surface area contributed by atoms with Gasteiger partial charge in [-0.15, -0.1) is 0 Å². The number of nitrogens with one attached hydrogen (secondary N) is 2. The van der Waals surface area contributed by atoms with Gasteiger partial charge in [-0.25, -0.2) is 0 Å². The van der Waals surface area contributed by atoms with Crippen LogP contribution in [0.2, 0.25) is 0 Å². The third kappa shape index (κ3) is 5.02. The number of hydrogen-bond donors (Lipinski definition) is 2. The molecule has 0 atom stereocenters. The van der Waals surface area contributed by atoms with Gasteiger partial charge in [0.1, 0.15) is 5.76 Å². The normalized spacial score (nSPS) is 10.9. The van der Waals surface area contributed by atoms with Crippen molar-refractivity contribution in [3.05, 3.63) is 52.4 Å². The second kappa shape index (κ2) is 7.43. The SMILES string of the molecule is CC(C)C(=O)Nc1ccc(CNCc2ccc(Br)o2)cc1. The summed E-state index contributed by atoms with van der Waals surface area (Å²) in [5.74, 6) is 0.908. The molecular weight excluding hydrogens is 332 g/mol. The number of benzene rings is 1. The Bertz CT molecular complexity index is 591. The zero-order valence-electron chi connectivity index (χ0n) is 12.2. The van der Waals surface area contributed by atoms with Gasteiger partial charge in [-0.3, -0.25) is 4.79 Å². The van der Waals surface area contributed by atoms with Gasteiger partial charge in [-0.1, -0.05) is 26.0 Å². The monoisotopic (exact) mass is 350 g/mol. The van der Waals surface area contributed by atoms with Crippen LogP contribution in [0.1, 0.15) is 25.2 Å². The van der Waals surface area contributed by atoms with E-state index < -0.39 is 0 Å². The Hall–Kier alpha value is -1.59.